The van der Waals surface area contributed by atoms with E-state index in [-0.39, 0.29) is 11.6 Å². The molecule has 0 fully saturated rings. The number of pyridine rings is 1. The first kappa shape index (κ1) is 11.5. The van der Waals surface area contributed by atoms with E-state index in [1.54, 1.807) is 6.07 Å². The number of hydrogen-bond donors (Lipinski definition) is 0. The first-order chi connectivity index (χ1) is 9.22. The largest absolute Gasteiger partial charge is 0.436 e. The van der Waals surface area contributed by atoms with E-state index in [1.807, 2.05) is 55.5 Å². The highest BCUT2D eigenvalue weighted by molar-refractivity contribution is 5.80. The van der Waals surface area contributed by atoms with E-state index >= 15 is 0 Å². The van der Waals surface area contributed by atoms with Gasteiger partial charge < -0.3 is 4.74 Å². The third-order valence-corrected chi connectivity index (χ3v) is 2.86. The maximum atomic E-state index is 11.9. The molecule has 1 aromatic heterocycles. The van der Waals surface area contributed by atoms with E-state index in [0.29, 0.717) is 5.75 Å². The summed E-state index contributed by atoms with van der Waals surface area (Å²) in [5.74, 6) is 0.532. The van der Waals surface area contributed by atoms with Gasteiger partial charge in [-0.3, -0.25) is 5.11 Å². The molecule has 0 bridgehead atoms. The Kier molecular flexibility index (Phi) is 2.80. The van der Waals surface area contributed by atoms with E-state index in [9.17, 15) is 5.11 Å². The summed E-state index contributed by atoms with van der Waals surface area (Å²) in [6.07, 6.45) is 0. The first-order valence-electron chi connectivity index (χ1n) is 6.04. The molecule has 1 heterocycles. The average Bonchev–Trinajstić information content (AvgIpc) is 2.40. The number of benzene rings is 2. The Morgan fingerprint density at radius 2 is 1.84 bits per heavy atom. The van der Waals surface area contributed by atoms with Gasteiger partial charge in [0.1, 0.15) is 5.75 Å². The quantitative estimate of drug-likeness (QED) is 0.673. The van der Waals surface area contributed by atoms with Crippen LogP contribution >= 0.6 is 0 Å². The Morgan fingerprint density at radius 3 is 2.68 bits per heavy atom. The van der Waals surface area contributed by atoms with Gasteiger partial charge >= 0.3 is 0 Å². The molecule has 0 N–H and O–H groups in total. The molecule has 93 valence electrons. The van der Waals surface area contributed by atoms with Gasteiger partial charge in [-0.05, 0) is 30.7 Å². The van der Waals surface area contributed by atoms with Crippen molar-refractivity contribution in [3.63, 3.8) is 0 Å². The highest BCUT2D eigenvalue weighted by atomic mass is 16.5. The van der Waals surface area contributed by atoms with Crippen LogP contribution in [0, 0.1) is 6.92 Å². The maximum absolute atomic E-state index is 11.9. The molecule has 0 aliphatic heterocycles. The van der Waals surface area contributed by atoms with Crippen molar-refractivity contribution in [2.24, 2.45) is 0 Å². The molecule has 2 aromatic carbocycles. The molecular weight excluding hydrogens is 238 g/mol. The molecule has 0 unspecified atom stereocenters. The standard InChI is InChI=1S/C16H12NO2/c1-11-5-4-7-13(9-11)19-16-15(18)10-12-6-2-3-8-14(12)17-16/h2-10H,1H3. The van der Waals surface area contributed by atoms with E-state index in [1.165, 1.54) is 0 Å². The molecule has 19 heavy (non-hydrogen) atoms. The molecular formula is C16H12NO2. The van der Waals surface area contributed by atoms with Crippen LogP contribution in [0.3, 0.4) is 0 Å². The van der Waals surface area contributed by atoms with Crippen LogP contribution < -0.4 is 4.74 Å². The molecule has 3 nitrogen and oxygen atoms in total. The van der Waals surface area contributed by atoms with Gasteiger partial charge in [-0.2, -0.15) is 0 Å². The summed E-state index contributed by atoms with van der Waals surface area (Å²) in [4.78, 5) is 4.26. The fraction of sp³-hybridized carbons (Fsp3) is 0.0625. The Bertz CT molecular complexity index is 738. The van der Waals surface area contributed by atoms with Crippen molar-refractivity contribution in [1.29, 1.82) is 0 Å². The number of aryl methyl sites for hydroxylation is 1. The van der Waals surface area contributed by atoms with Gasteiger partial charge in [0.15, 0.2) is 0 Å². The second-order valence-electron chi connectivity index (χ2n) is 4.40. The highest BCUT2D eigenvalue weighted by Crippen LogP contribution is 2.32. The summed E-state index contributed by atoms with van der Waals surface area (Å²) in [5.41, 5.74) is 1.83. The van der Waals surface area contributed by atoms with Crippen molar-refractivity contribution in [3.8, 4) is 17.4 Å². The Hall–Kier alpha value is -2.55. The van der Waals surface area contributed by atoms with E-state index < -0.39 is 0 Å². The Balaban J connectivity index is 2.03. The SMILES string of the molecule is Cc1cccc(Oc2nc3ccccc3cc2[O])c1. The van der Waals surface area contributed by atoms with Gasteiger partial charge in [0.2, 0.25) is 5.75 Å². The highest BCUT2D eigenvalue weighted by Gasteiger charge is 2.09. The summed E-state index contributed by atoms with van der Waals surface area (Å²) in [5, 5.41) is 12.8. The van der Waals surface area contributed by atoms with E-state index in [0.717, 1.165) is 16.5 Å². The molecule has 1 radical (unpaired) electrons. The van der Waals surface area contributed by atoms with Gasteiger partial charge in [0, 0.05) is 11.5 Å². The smallest absolute Gasteiger partial charge is 0.268 e. The minimum atomic E-state index is -0.208. The van der Waals surface area contributed by atoms with Crippen LogP contribution in [-0.2, 0) is 5.11 Å². The summed E-state index contributed by atoms with van der Waals surface area (Å²) < 4.78 is 5.57. The number of aromatic nitrogens is 1. The molecule has 3 rings (SSSR count). The fourth-order valence-corrected chi connectivity index (χ4v) is 1.94. The van der Waals surface area contributed by atoms with Crippen LogP contribution in [0.5, 0.6) is 17.4 Å². The van der Waals surface area contributed by atoms with Crippen LogP contribution in [0.1, 0.15) is 5.56 Å². The third-order valence-electron chi connectivity index (χ3n) is 2.86. The van der Waals surface area contributed by atoms with Crippen LogP contribution in [0.2, 0.25) is 0 Å². The number of para-hydroxylation sites is 1. The van der Waals surface area contributed by atoms with Crippen molar-refractivity contribution in [2.75, 3.05) is 0 Å². The molecule has 0 spiro atoms. The van der Waals surface area contributed by atoms with Crippen molar-refractivity contribution < 1.29 is 9.84 Å². The lowest BCUT2D eigenvalue weighted by atomic mass is 10.2. The molecule has 0 amide bonds. The van der Waals surface area contributed by atoms with Crippen molar-refractivity contribution in [3.05, 3.63) is 60.2 Å². The zero-order chi connectivity index (χ0) is 13.2. The van der Waals surface area contributed by atoms with Crippen LogP contribution in [-0.4, -0.2) is 4.98 Å². The Morgan fingerprint density at radius 1 is 1.00 bits per heavy atom. The molecule has 3 heteroatoms. The van der Waals surface area contributed by atoms with E-state index in [2.05, 4.69) is 4.98 Å². The van der Waals surface area contributed by atoms with Gasteiger partial charge in [0.05, 0.1) is 5.52 Å². The molecule has 3 aromatic rings. The van der Waals surface area contributed by atoms with Crippen LogP contribution in [0.4, 0.5) is 0 Å². The number of hydrogen-bond acceptors (Lipinski definition) is 2. The predicted octanol–water partition coefficient (Wildman–Crippen LogP) is 4.48. The lowest BCUT2D eigenvalue weighted by molar-refractivity contribution is 0.324. The molecule has 0 aliphatic rings. The molecule has 0 saturated heterocycles. The summed E-state index contributed by atoms with van der Waals surface area (Å²) in [7, 11) is 0. The van der Waals surface area contributed by atoms with Gasteiger partial charge in [0.25, 0.3) is 5.88 Å². The van der Waals surface area contributed by atoms with Crippen LogP contribution in [0.15, 0.2) is 54.6 Å². The summed E-state index contributed by atoms with van der Waals surface area (Å²) >= 11 is 0. The lowest BCUT2D eigenvalue weighted by Gasteiger charge is -2.07. The van der Waals surface area contributed by atoms with Crippen LogP contribution in [0.25, 0.3) is 10.9 Å². The van der Waals surface area contributed by atoms with Crippen molar-refractivity contribution >= 4 is 10.9 Å². The van der Waals surface area contributed by atoms with Crippen molar-refractivity contribution in [1.82, 2.24) is 4.98 Å². The average molecular weight is 250 g/mol. The zero-order valence-corrected chi connectivity index (χ0v) is 10.5. The normalized spacial score (nSPS) is 10.6. The number of ether oxygens (including phenoxy) is 1. The summed E-state index contributed by atoms with van der Waals surface area (Å²) in [6.45, 7) is 1.97. The maximum Gasteiger partial charge on any atom is 0.268 e. The second-order valence-corrected chi connectivity index (χ2v) is 4.40. The molecule has 0 aliphatic carbocycles. The van der Waals surface area contributed by atoms with Gasteiger partial charge in [-0.25, -0.2) is 4.98 Å². The van der Waals surface area contributed by atoms with Gasteiger partial charge in [-0.15, -0.1) is 0 Å². The number of nitrogens with zero attached hydrogens (tertiary/aromatic N) is 1. The van der Waals surface area contributed by atoms with Crippen molar-refractivity contribution in [2.45, 2.75) is 6.92 Å². The minimum Gasteiger partial charge on any atom is -0.436 e. The predicted molar refractivity (Wildman–Crippen MR) is 73.1 cm³/mol. The monoisotopic (exact) mass is 250 g/mol. The van der Waals surface area contributed by atoms with Gasteiger partial charge in [-0.1, -0.05) is 30.3 Å². The molecule has 0 saturated carbocycles. The second kappa shape index (κ2) is 4.61. The number of fused-ring (bicyclic) bond motifs is 1. The molecule has 0 atom stereocenters. The zero-order valence-electron chi connectivity index (χ0n) is 10.5. The topological polar surface area (TPSA) is 42.0 Å². The Labute approximate surface area is 111 Å². The minimum absolute atomic E-state index is 0.115. The van der Waals surface area contributed by atoms with E-state index in [4.69, 9.17) is 4.74 Å². The lowest BCUT2D eigenvalue weighted by Crippen LogP contribution is -1.89. The number of rotatable bonds is 2. The third kappa shape index (κ3) is 2.36. The fourth-order valence-electron chi connectivity index (χ4n) is 1.94. The first-order valence-corrected chi connectivity index (χ1v) is 6.04. The summed E-state index contributed by atoms with van der Waals surface area (Å²) in [6, 6.07) is 16.6.